The molecule has 1 heterocycles. The van der Waals surface area contributed by atoms with E-state index >= 15 is 0 Å². The molecule has 0 spiro atoms. The zero-order valence-electron chi connectivity index (χ0n) is 12.9. The van der Waals surface area contributed by atoms with Crippen molar-refractivity contribution in [3.63, 3.8) is 0 Å². The summed E-state index contributed by atoms with van der Waals surface area (Å²) < 4.78 is 32.0. The van der Waals surface area contributed by atoms with Gasteiger partial charge in [0.2, 0.25) is 0 Å². The molecule has 0 amide bonds. The summed E-state index contributed by atoms with van der Waals surface area (Å²) in [5.41, 5.74) is 2.59. The van der Waals surface area contributed by atoms with Gasteiger partial charge in [0.15, 0.2) is 0 Å². The second-order valence-corrected chi connectivity index (χ2v) is 5.16. The molecule has 1 fully saturated rings. The predicted octanol–water partition coefficient (Wildman–Crippen LogP) is 4.68. The van der Waals surface area contributed by atoms with E-state index in [9.17, 15) is 5.11 Å². The molecule has 3 rings (SSSR count). The minimum absolute atomic E-state index is 0. The van der Waals surface area contributed by atoms with Gasteiger partial charge in [-0.05, 0) is 17.5 Å². The molecule has 1 N–H and O–H groups in total. The molecule has 0 radical (unpaired) electrons. The zero-order valence-corrected chi connectivity index (χ0v) is 12.9. The fourth-order valence-corrected chi connectivity index (χ4v) is 2.89. The van der Waals surface area contributed by atoms with Crippen LogP contribution in [0.2, 0.25) is 0 Å². The molecule has 134 valence electrons. The van der Waals surface area contributed by atoms with Crippen molar-refractivity contribution in [1.29, 1.82) is 0 Å². The van der Waals surface area contributed by atoms with E-state index in [0.717, 1.165) is 19.5 Å². The summed E-state index contributed by atoms with van der Waals surface area (Å²) in [6, 6.07) is 21.3. The third-order valence-corrected chi connectivity index (χ3v) is 3.79. The van der Waals surface area contributed by atoms with E-state index < -0.39 is 0 Å². The van der Waals surface area contributed by atoms with Crippen LogP contribution < -0.4 is 0 Å². The van der Waals surface area contributed by atoms with Crippen molar-refractivity contribution in [2.24, 2.45) is 0 Å². The van der Waals surface area contributed by atoms with Crippen LogP contribution in [0.3, 0.4) is 0 Å². The van der Waals surface area contributed by atoms with Crippen molar-refractivity contribution in [1.82, 2.24) is 4.90 Å². The number of hydrogen-bond acceptors (Lipinski definition) is 2. The van der Waals surface area contributed by atoms with Gasteiger partial charge in [0.1, 0.15) is 0 Å². The fourth-order valence-electron chi connectivity index (χ4n) is 2.89. The van der Waals surface area contributed by atoms with Crippen molar-refractivity contribution in [2.75, 3.05) is 13.1 Å². The molecule has 24 heavy (non-hydrogen) atoms. The van der Waals surface area contributed by atoms with Crippen LogP contribution in [-0.2, 0) is 0 Å². The lowest BCUT2D eigenvalue weighted by Gasteiger charge is -2.28. The summed E-state index contributed by atoms with van der Waals surface area (Å²) in [6.07, 6.45) is 0.686. The van der Waals surface area contributed by atoms with Crippen LogP contribution in [0.5, 0.6) is 0 Å². The lowest BCUT2D eigenvalue weighted by atomic mass is 9.97. The highest BCUT2D eigenvalue weighted by molar-refractivity contribution is 5.32. The van der Waals surface area contributed by atoms with Crippen LogP contribution in [0.15, 0.2) is 60.7 Å². The largest absolute Gasteiger partial charge is 0.392 e. The number of rotatable bonds is 3. The Morgan fingerprint density at radius 3 is 1.58 bits per heavy atom. The minimum Gasteiger partial charge on any atom is -0.392 e. The highest BCUT2D eigenvalue weighted by Gasteiger charge is 2.28. The van der Waals surface area contributed by atoms with Gasteiger partial charge in [-0.25, -0.2) is 0 Å². The number of nitrogens with zero attached hydrogens (tertiary/aromatic N) is 1. The average Bonchev–Trinajstić information content (AvgIpc) is 3.06. The van der Waals surface area contributed by atoms with Crippen LogP contribution in [-0.4, -0.2) is 29.2 Å². The number of β-amino-alcohol motifs (C(OH)–C–C–N with tert-alkyl or cyclic N) is 1. The van der Waals surface area contributed by atoms with Crippen LogP contribution in [0, 0.1) is 0 Å². The van der Waals surface area contributed by atoms with E-state index in [4.69, 9.17) is 18.3 Å². The van der Waals surface area contributed by atoms with E-state index in [0.29, 0.717) is 0 Å². The van der Waals surface area contributed by atoms with Gasteiger partial charge in [0.25, 0.3) is 0 Å². The molecule has 0 bridgehead atoms. The molecule has 1 unspecified atom stereocenters. The van der Waals surface area contributed by atoms with Gasteiger partial charge in [0, 0.05) is 31.4 Å². The Labute approximate surface area is 137 Å². The summed E-state index contributed by atoms with van der Waals surface area (Å²) in [4.78, 5) is 2.37. The molecular weight excluding hydrogens is 329 g/mol. The molecule has 2 nitrogen and oxygen atoms in total. The summed E-state index contributed by atoms with van der Waals surface area (Å²) in [7, 11) is 0. The van der Waals surface area contributed by atoms with Gasteiger partial charge in [-0.15, -0.1) is 0 Å². The fraction of sp³-hybridized carbons (Fsp3) is 0.294. The third kappa shape index (κ3) is 5.90. The smallest absolute Gasteiger partial charge is 0.0679 e. The van der Waals surface area contributed by atoms with Crippen molar-refractivity contribution in [3.8, 4) is 0 Å². The number of benzene rings is 2. The Kier molecular flexibility index (Phi) is 11.4. The molecule has 1 aliphatic heterocycles. The third-order valence-electron chi connectivity index (χ3n) is 3.79. The van der Waals surface area contributed by atoms with Crippen LogP contribution in [0.1, 0.15) is 23.6 Å². The molecule has 0 aliphatic carbocycles. The van der Waals surface area contributed by atoms with Gasteiger partial charge in [0.05, 0.1) is 12.1 Å². The lowest BCUT2D eigenvalue weighted by molar-refractivity contribution is 0.108. The number of likely N-dealkylation sites (tertiary alicyclic amines) is 1. The quantitative estimate of drug-likeness (QED) is 0.814. The molecule has 0 saturated carbocycles. The highest BCUT2D eigenvalue weighted by Crippen LogP contribution is 2.31. The van der Waals surface area contributed by atoms with Crippen molar-refractivity contribution in [2.45, 2.75) is 18.6 Å². The first-order chi connectivity index (χ1) is 11.3. The number of aliphatic hydroxyl groups is 1. The molecule has 1 aliphatic rings. The average molecular weight is 349 g/mol. The highest BCUT2D eigenvalue weighted by atomic mass is 20.0. The van der Waals surface area contributed by atoms with Gasteiger partial charge in [-0.1, -0.05) is 60.7 Å². The first kappa shape index (κ1) is 22.0. The summed E-state index contributed by atoms with van der Waals surface area (Å²) in [5.74, 6) is 0. The van der Waals surface area contributed by atoms with Crippen LogP contribution in [0.25, 0.3) is 0 Å². The molecule has 1 saturated heterocycles. The van der Waals surface area contributed by atoms with Gasteiger partial charge in [-0.2, -0.15) is 0 Å². The molecule has 7 heteroatoms. The first-order valence-corrected chi connectivity index (χ1v) is 7.15. The van der Waals surface area contributed by atoms with Crippen LogP contribution in [0.4, 0.5) is 23.0 Å². The predicted molar refractivity (Wildman–Crippen MR) is 83.9 cm³/mol. The number of halogens is 5. The SMILES string of the molecule is F.FF.FF.OC1CCN(C(c2ccccc2)c2ccccc2)C1. The van der Waals surface area contributed by atoms with Crippen molar-refractivity contribution < 1.29 is 28.1 Å². The van der Waals surface area contributed by atoms with Crippen molar-refractivity contribution >= 4 is 0 Å². The van der Waals surface area contributed by atoms with E-state index in [1.165, 1.54) is 11.1 Å². The van der Waals surface area contributed by atoms with Crippen LogP contribution >= 0.6 is 0 Å². The summed E-state index contributed by atoms with van der Waals surface area (Å²) >= 11 is 0. The second-order valence-electron chi connectivity index (χ2n) is 5.16. The van der Waals surface area contributed by atoms with E-state index in [2.05, 4.69) is 53.4 Å². The maximum absolute atomic E-state index is 9.80. The van der Waals surface area contributed by atoms with Gasteiger partial charge < -0.3 is 5.11 Å². The topological polar surface area (TPSA) is 23.5 Å². The maximum Gasteiger partial charge on any atom is 0.0679 e. The Balaban J connectivity index is 0.000000987. The summed E-state index contributed by atoms with van der Waals surface area (Å²) in [5, 5.41) is 9.80. The molecule has 1 atom stereocenters. The van der Waals surface area contributed by atoms with Gasteiger partial charge in [-0.3, -0.25) is 9.60 Å². The normalized spacial score (nSPS) is 16.3. The van der Waals surface area contributed by atoms with E-state index in [1.54, 1.807) is 0 Å². The maximum atomic E-state index is 9.80. The van der Waals surface area contributed by atoms with Crippen molar-refractivity contribution in [3.05, 3.63) is 71.8 Å². The monoisotopic (exact) mass is 349 g/mol. The standard InChI is InChI=1S/C17H19NO.2F2.FH/c19-16-11-12-18(13-16)17(14-7-3-1-4-8-14)15-9-5-2-6-10-15;2*1-2;/h1-10,16-17,19H,11-13H2;;;1H. The minimum atomic E-state index is -0.185. The molecule has 2 aromatic carbocycles. The van der Waals surface area contributed by atoms with E-state index in [1.807, 2.05) is 12.1 Å². The van der Waals surface area contributed by atoms with Gasteiger partial charge >= 0.3 is 0 Å². The molecule has 0 aromatic heterocycles. The lowest BCUT2D eigenvalue weighted by Crippen LogP contribution is -2.28. The first-order valence-electron chi connectivity index (χ1n) is 7.15. The van der Waals surface area contributed by atoms with E-state index in [-0.39, 0.29) is 16.9 Å². The Morgan fingerprint density at radius 2 is 1.25 bits per heavy atom. The Hall–Kier alpha value is -1.99. The number of hydrogen-bond donors (Lipinski definition) is 1. The Morgan fingerprint density at radius 1 is 0.833 bits per heavy atom. The Bertz CT molecular complexity index is 490. The molecular formula is C17H20F5NO. The molecule has 2 aromatic rings. The summed E-state index contributed by atoms with van der Waals surface area (Å²) in [6.45, 7) is 1.71. The second kappa shape index (κ2) is 12.4. The number of aliphatic hydroxyl groups excluding tert-OH is 1. The zero-order chi connectivity index (χ0) is 17.1.